The Morgan fingerprint density at radius 1 is 1.33 bits per heavy atom. The third-order valence-corrected chi connectivity index (χ3v) is 3.15. The highest BCUT2D eigenvalue weighted by Crippen LogP contribution is 2.44. The molecule has 0 radical (unpaired) electrons. The molecule has 1 amide bonds. The Balaban J connectivity index is 1.91. The molecule has 0 bridgehead atoms. The minimum absolute atomic E-state index is 0.431. The van der Waals surface area contributed by atoms with Gasteiger partial charge in [0, 0.05) is 13.1 Å². The van der Waals surface area contributed by atoms with E-state index >= 15 is 0 Å². The van der Waals surface area contributed by atoms with Crippen LogP contribution in [0.3, 0.4) is 0 Å². The first-order valence-electron chi connectivity index (χ1n) is 4.66. The van der Waals surface area contributed by atoms with Gasteiger partial charge in [-0.15, -0.1) is 0 Å². The summed E-state index contributed by atoms with van der Waals surface area (Å²) < 4.78 is 0. The van der Waals surface area contributed by atoms with E-state index in [0.29, 0.717) is 5.92 Å². The van der Waals surface area contributed by atoms with Crippen molar-refractivity contribution in [3.05, 3.63) is 0 Å². The van der Waals surface area contributed by atoms with E-state index in [1.165, 1.54) is 12.8 Å². The van der Waals surface area contributed by atoms with E-state index in [-0.39, 0.29) is 0 Å². The van der Waals surface area contributed by atoms with Gasteiger partial charge in [0.1, 0.15) is 0 Å². The van der Waals surface area contributed by atoms with E-state index in [1.54, 1.807) is 4.90 Å². The quantitative estimate of drug-likeness (QED) is 0.607. The Morgan fingerprint density at radius 2 is 1.92 bits per heavy atom. The highest BCUT2D eigenvalue weighted by molar-refractivity contribution is 5.47. The normalized spacial score (nSPS) is 28.6. The number of amides is 1. The maximum Gasteiger partial charge on any atom is 0.209 e. The average Bonchev–Trinajstić information content (AvgIpc) is 2.88. The van der Waals surface area contributed by atoms with Crippen molar-refractivity contribution in [3.8, 4) is 0 Å². The molecule has 1 heterocycles. The second-order valence-corrected chi connectivity index (χ2v) is 4.02. The van der Waals surface area contributed by atoms with Crippen molar-refractivity contribution in [2.24, 2.45) is 5.92 Å². The van der Waals surface area contributed by atoms with E-state index in [9.17, 15) is 9.90 Å². The van der Waals surface area contributed by atoms with Crippen molar-refractivity contribution in [3.63, 3.8) is 0 Å². The molecule has 2 aliphatic rings. The summed E-state index contributed by atoms with van der Waals surface area (Å²) >= 11 is 0. The van der Waals surface area contributed by atoms with E-state index in [1.807, 2.05) is 0 Å². The lowest BCUT2D eigenvalue weighted by Crippen LogP contribution is -2.45. The van der Waals surface area contributed by atoms with Gasteiger partial charge in [-0.1, -0.05) is 0 Å². The fourth-order valence-corrected chi connectivity index (χ4v) is 2.05. The maximum atomic E-state index is 10.4. The second-order valence-electron chi connectivity index (χ2n) is 4.02. The van der Waals surface area contributed by atoms with Gasteiger partial charge in [0.05, 0.1) is 5.60 Å². The summed E-state index contributed by atoms with van der Waals surface area (Å²) in [5, 5.41) is 10.1. The first-order chi connectivity index (χ1) is 5.74. The SMILES string of the molecule is O=CN1CCC(O)(C2CC2)CC1. The van der Waals surface area contributed by atoms with Crippen LogP contribution in [0.2, 0.25) is 0 Å². The maximum absolute atomic E-state index is 10.4. The van der Waals surface area contributed by atoms with Crippen LogP contribution in [0.15, 0.2) is 0 Å². The molecule has 3 nitrogen and oxygen atoms in total. The minimum Gasteiger partial charge on any atom is -0.389 e. The molecule has 0 aromatic carbocycles. The molecule has 1 aliphatic heterocycles. The lowest BCUT2D eigenvalue weighted by Gasteiger charge is -2.36. The molecule has 68 valence electrons. The Morgan fingerprint density at radius 3 is 2.33 bits per heavy atom. The Kier molecular flexibility index (Phi) is 1.83. The zero-order valence-corrected chi connectivity index (χ0v) is 7.20. The molecule has 2 rings (SSSR count). The molecule has 1 aliphatic carbocycles. The third-order valence-electron chi connectivity index (χ3n) is 3.15. The van der Waals surface area contributed by atoms with E-state index in [2.05, 4.69) is 0 Å². The largest absolute Gasteiger partial charge is 0.389 e. The molecular formula is C9H15NO2. The third kappa shape index (κ3) is 1.33. The Hall–Kier alpha value is -0.570. The number of carbonyl (C=O) groups excluding carboxylic acids is 1. The molecule has 1 saturated carbocycles. The van der Waals surface area contributed by atoms with Gasteiger partial charge >= 0.3 is 0 Å². The molecular weight excluding hydrogens is 154 g/mol. The molecule has 0 spiro atoms. The van der Waals surface area contributed by atoms with Gasteiger partial charge in [-0.25, -0.2) is 0 Å². The van der Waals surface area contributed by atoms with Gasteiger partial charge in [0.15, 0.2) is 0 Å². The molecule has 0 aromatic heterocycles. The zero-order chi connectivity index (χ0) is 8.60. The Labute approximate surface area is 72.4 Å². The molecule has 0 aromatic rings. The predicted octanol–water partition coefficient (Wildman–Crippen LogP) is 0.380. The van der Waals surface area contributed by atoms with Gasteiger partial charge in [0.2, 0.25) is 6.41 Å². The summed E-state index contributed by atoms with van der Waals surface area (Å²) in [6.07, 6.45) is 4.79. The molecule has 3 heteroatoms. The summed E-state index contributed by atoms with van der Waals surface area (Å²) in [4.78, 5) is 12.1. The van der Waals surface area contributed by atoms with Crippen LogP contribution in [0, 0.1) is 5.92 Å². The second kappa shape index (κ2) is 2.73. The lowest BCUT2D eigenvalue weighted by molar-refractivity contribution is -0.123. The number of hydrogen-bond acceptors (Lipinski definition) is 2. The lowest BCUT2D eigenvalue weighted by atomic mass is 9.87. The average molecular weight is 169 g/mol. The zero-order valence-electron chi connectivity index (χ0n) is 7.20. The summed E-state index contributed by atoms with van der Waals surface area (Å²) in [7, 11) is 0. The van der Waals surface area contributed by atoms with E-state index in [4.69, 9.17) is 0 Å². The van der Waals surface area contributed by atoms with Crippen LogP contribution < -0.4 is 0 Å². The van der Waals surface area contributed by atoms with Gasteiger partial charge in [-0.05, 0) is 31.6 Å². The van der Waals surface area contributed by atoms with Gasteiger partial charge in [-0.2, -0.15) is 0 Å². The molecule has 2 fully saturated rings. The van der Waals surface area contributed by atoms with Crippen LogP contribution in [-0.4, -0.2) is 35.1 Å². The van der Waals surface area contributed by atoms with Gasteiger partial charge < -0.3 is 10.0 Å². The number of aliphatic hydroxyl groups is 1. The highest BCUT2D eigenvalue weighted by Gasteiger charge is 2.45. The number of hydrogen-bond donors (Lipinski definition) is 1. The van der Waals surface area contributed by atoms with E-state index < -0.39 is 5.60 Å². The van der Waals surface area contributed by atoms with Crippen LogP contribution in [-0.2, 0) is 4.79 Å². The van der Waals surface area contributed by atoms with E-state index in [0.717, 1.165) is 32.3 Å². The molecule has 12 heavy (non-hydrogen) atoms. The standard InChI is InChI=1S/C9H15NO2/c11-7-10-5-3-9(12,4-6-10)8-1-2-8/h7-8,12H,1-6H2. The summed E-state index contributed by atoms with van der Waals surface area (Å²) in [5.41, 5.74) is -0.431. The van der Waals surface area contributed by atoms with Crippen LogP contribution in [0.5, 0.6) is 0 Å². The summed E-state index contributed by atoms with van der Waals surface area (Å²) in [5.74, 6) is 0.534. The van der Waals surface area contributed by atoms with Gasteiger partial charge in [0.25, 0.3) is 0 Å². The van der Waals surface area contributed by atoms with Crippen molar-refractivity contribution in [1.29, 1.82) is 0 Å². The molecule has 0 unspecified atom stereocenters. The summed E-state index contributed by atoms with van der Waals surface area (Å²) in [6, 6.07) is 0. The monoisotopic (exact) mass is 169 g/mol. The minimum atomic E-state index is -0.431. The molecule has 1 saturated heterocycles. The van der Waals surface area contributed by atoms with Crippen molar-refractivity contribution < 1.29 is 9.90 Å². The predicted molar refractivity (Wildman–Crippen MR) is 44.5 cm³/mol. The molecule has 0 atom stereocenters. The fraction of sp³-hybridized carbons (Fsp3) is 0.889. The molecule has 1 N–H and O–H groups in total. The van der Waals surface area contributed by atoms with Crippen molar-refractivity contribution >= 4 is 6.41 Å². The summed E-state index contributed by atoms with van der Waals surface area (Å²) in [6.45, 7) is 1.47. The van der Waals surface area contributed by atoms with Crippen LogP contribution >= 0.6 is 0 Å². The number of rotatable bonds is 2. The van der Waals surface area contributed by atoms with Crippen LogP contribution in [0.4, 0.5) is 0 Å². The Bertz CT molecular complexity index is 181. The number of likely N-dealkylation sites (tertiary alicyclic amines) is 1. The fourth-order valence-electron chi connectivity index (χ4n) is 2.05. The number of nitrogens with zero attached hydrogens (tertiary/aromatic N) is 1. The smallest absolute Gasteiger partial charge is 0.209 e. The highest BCUT2D eigenvalue weighted by atomic mass is 16.3. The first-order valence-corrected chi connectivity index (χ1v) is 4.66. The van der Waals surface area contributed by atoms with Crippen molar-refractivity contribution in [2.75, 3.05) is 13.1 Å². The number of carbonyl (C=O) groups is 1. The van der Waals surface area contributed by atoms with Crippen LogP contribution in [0.25, 0.3) is 0 Å². The number of piperidine rings is 1. The van der Waals surface area contributed by atoms with Crippen LogP contribution in [0.1, 0.15) is 25.7 Å². The topological polar surface area (TPSA) is 40.5 Å². The first kappa shape index (κ1) is 8.05. The van der Waals surface area contributed by atoms with Crippen molar-refractivity contribution in [1.82, 2.24) is 4.90 Å². The van der Waals surface area contributed by atoms with Gasteiger partial charge in [-0.3, -0.25) is 4.79 Å². The van der Waals surface area contributed by atoms with Crippen molar-refractivity contribution in [2.45, 2.75) is 31.3 Å².